The van der Waals surface area contributed by atoms with E-state index in [-0.39, 0.29) is 12.4 Å². The van der Waals surface area contributed by atoms with Gasteiger partial charge in [-0.1, -0.05) is 24.3 Å². The van der Waals surface area contributed by atoms with Crippen molar-refractivity contribution in [3.05, 3.63) is 70.4 Å². The van der Waals surface area contributed by atoms with Gasteiger partial charge in [-0.3, -0.25) is 0 Å². The van der Waals surface area contributed by atoms with E-state index in [1.54, 1.807) is 36.4 Å². The second-order valence-corrected chi connectivity index (χ2v) is 5.69. The Labute approximate surface area is 130 Å². The molecule has 108 valence electrons. The molecule has 0 aliphatic rings. The number of rotatable bonds is 3. The van der Waals surface area contributed by atoms with Crippen LogP contribution in [0.4, 0.5) is 4.39 Å². The number of thiophene rings is 1. The quantitative estimate of drug-likeness (QED) is 0.679. The lowest BCUT2D eigenvalue weighted by Gasteiger charge is -2.04. The molecule has 1 heterocycles. The molecule has 0 amide bonds. The fourth-order valence-electron chi connectivity index (χ4n) is 2.10. The zero-order chi connectivity index (χ0) is 15.5. The van der Waals surface area contributed by atoms with E-state index >= 15 is 0 Å². The minimum Gasteiger partial charge on any atom is -0.457 e. The summed E-state index contributed by atoms with van der Waals surface area (Å²) in [5.41, 5.74) is 1.11. The lowest BCUT2D eigenvalue weighted by atomic mass is 10.1. The Balaban J connectivity index is 1.79. The maximum absolute atomic E-state index is 13.6. The molecule has 0 aliphatic carbocycles. The zero-order valence-corrected chi connectivity index (χ0v) is 12.2. The molecule has 0 fully saturated rings. The Morgan fingerprint density at radius 3 is 2.82 bits per heavy atom. The molecule has 2 aromatic carbocycles. The van der Waals surface area contributed by atoms with Gasteiger partial charge < -0.3 is 4.74 Å². The van der Waals surface area contributed by atoms with Gasteiger partial charge in [-0.15, -0.1) is 11.3 Å². The summed E-state index contributed by atoms with van der Waals surface area (Å²) in [5.74, 6) is -0.879. The topological polar surface area (TPSA) is 50.1 Å². The van der Waals surface area contributed by atoms with Gasteiger partial charge in [0.25, 0.3) is 0 Å². The van der Waals surface area contributed by atoms with Gasteiger partial charge in [0.05, 0.1) is 11.6 Å². The second kappa shape index (κ2) is 5.96. The highest BCUT2D eigenvalue weighted by Gasteiger charge is 2.14. The van der Waals surface area contributed by atoms with Crippen molar-refractivity contribution in [3.63, 3.8) is 0 Å². The van der Waals surface area contributed by atoms with Crippen LogP contribution >= 0.6 is 11.3 Å². The molecule has 3 aromatic rings. The number of hydrogen-bond donors (Lipinski definition) is 0. The summed E-state index contributed by atoms with van der Waals surface area (Å²) in [7, 11) is 0. The highest BCUT2D eigenvalue weighted by atomic mass is 32.1. The van der Waals surface area contributed by atoms with Crippen molar-refractivity contribution in [3.8, 4) is 6.07 Å². The number of ether oxygens (including phenoxy) is 1. The smallest absolute Gasteiger partial charge is 0.348 e. The van der Waals surface area contributed by atoms with Crippen LogP contribution in [0.25, 0.3) is 10.1 Å². The summed E-state index contributed by atoms with van der Waals surface area (Å²) in [6, 6.07) is 15.2. The normalized spacial score (nSPS) is 10.4. The number of esters is 1. The van der Waals surface area contributed by atoms with E-state index in [4.69, 9.17) is 10.00 Å². The summed E-state index contributed by atoms with van der Waals surface area (Å²) < 4.78 is 19.6. The van der Waals surface area contributed by atoms with E-state index in [9.17, 15) is 9.18 Å². The van der Waals surface area contributed by atoms with Crippen LogP contribution in [-0.4, -0.2) is 5.97 Å². The van der Waals surface area contributed by atoms with Crippen molar-refractivity contribution in [2.24, 2.45) is 0 Å². The monoisotopic (exact) mass is 311 g/mol. The summed E-state index contributed by atoms with van der Waals surface area (Å²) in [4.78, 5) is 12.4. The Hall–Kier alpha value is -2.71. The van der Waals surface area contributed by atoms with Gasteiger partial charge in [0.2, 0.25) is 0 Å². The molecular formula is C17H10FNO2S. The first-order valence-corrected chi connectivity index (χ1v) is 7.34. The van der Waals surface area contributed by atoms with Crippen LogP contribution in [0.15, 0.2) is 48.5 Å². The minimum atomic E-state index is -0.520. The molecule has 0 atom stereocenters. The van der Waals surface area contributed by atoms with Crippen molar-refractivity contribution >= 4 is 27.4 Å². The van der Waals surface area contributed by atoms with Crippen molar-refractivity contribution in [1.82, 2.24) is 0 Å². The molecule has 5 heteroatoms. The maximum Gasteiger partial charge on any atom is 0.348 e. The zero-order valence-electron chi connectivity index (χ0n) is 11.4. The molecule has 0 aliphatic heterocycles. The largest absolute Gasteiger partial charge is 0.457 e. The minimum absolute atomic E-state index is 0.0132. The molecule has 1 aromatic heterocycles. The summed E-state index contributed by atoms with van der Waals surface area (Å²) in [6.07, 6.45) is 0. The summed E-state index contributed by atoms with van der Waals surface area (Å²) in [5, 5.41) is 9.41. The van der Waals surface area contributed by atoms with E-state index in [0.717, 1.165) is 0 Å². The number of carbonyl (C=O) groups excluding carboxylic acids is 1. The first-order chi connectivity index (χ1) is 10.7. The lowest BCUT2D eigenvalue weighted by Crippen LogP contribution is -2.04. The maximum atomic E-state index is 13.6. The third kappa shape index (κ3) is 2.69. The molecule has 0 saturated heterocycles. The van der Waals surface area contributed by atoms with E-state index in [1.165, 1.54) is 23.5 Å². The molecule has 3 rings (SSSR count). The number of nitriles is 1. The number of carbonyl (C=O) groups is 1. The number of halogens is 1. The third-order valence-electron chi connectivity index (χ3n) is 3.21. The fourth-order valence-corrected chi connectivity index (χ4v) is 3.06. The molecule has 0 saturated carbocycles. The highest BCUT2D eigenvalue weighted by molar-refractivity contribution is 7.20. The average Bonchev–Trinajstić information content (AvgIpc) is 2.98. The van der Waals surface area contributed by atoms with Crippen LogP contribution in [0.2, 0.25) is 0 Å². The first-order valence-electron chi connectivity index (χ1n) is 6.52. The number of fused-ring (bicyclic) bond motifs is 1. The fraction of sp³-hybridized carbons (Fsp3) is 0.0588. The van der Waals surface area contributed by atoms with Gasteiger partial charge in [0.1, 0.15) is 17.3 Å². The SMILES string of the molecule is N#Cc1ccccc1COC(=O)c1cc2c(F)cccc2s1. The Kier molecular flexibility index (Phi) is 3.86. The van der Waals surface area contributed by atoms with Crippen LogP contribution in [0.5, 0.6) is 0 Å². The molecule has 0 bridgehead atoms. The molecule has 0 spiro atoms. The van der Waals surface area contributed by atoms with Crippen LogP contribution in [0.1, 0.15) is 20.8 Å². The predicted octanol–water partition coefficient (Wildman–Crippen LogP) is 4.27. The van der Waals surface area contributed by atoms with Crippen LogP contribution in [0.3, 0.4) is 0 Å². The number of benzene rings is 2. The predicted molar refractivity (Wildman–Crippen MR) is 82.1 cm³/mol. The number of nitrogens with zero attached hydrogens (tertiary/aromatic N) is 1. The highest BCUT2D eigenvalue weighted by Crippen LogP contribution is 2.28. The first kappa shape index (κ1) is 14.2. The van der Waals surface area contributed by atoms with Crippen molar-refractivity contribution < 1.29 is 13.9 Å². The molecular weight excluding hydrogens is 301 g/mol. The van der Waals surface area contributed by atoms with Gasteiger partial charge in [0, 0.05) is 15.6 Å². The van der Waals surface area contributed by atoms with E-state index in [2.05, 4.69) is 0 Å². The van der Waals surface area contributed by atoms with Crippen molar-refractivity contribution in [2.75, 3.05) is 0 Å². The second-order valence-electron chi connectivity index (χ2n) is 4.61. The van der Waals surface area contributed by atoms with Gasteiger partial charge >= 0.3 is 5.97 Å². The molecule has 0 N–H and O–H groups in total. The van der Waals surface area contributed by atoms with Gasteiger partial charge in [-0.2, -0.15) is 5.26 Å². The van der Waals surface area contributed by atoms with Gasteiger partial charge in [-0.25, -0.2) is 9.18 Å². The standard InChI is InChI=1S/C17H10FNO2S/c18-14-6-3-7-15-13(14)8-16(22-15)17(20)21-10-12-5-2-1-4-11(12)9-19/h1-8H,10H2. The molecule has 0 radical (unpaired) electrons. The van der Waals surface area contributed by atoms with E-state index < -0.39 is 5.97 Å². The average molecular weight is 311 g/mol. The summed E-state index contributed by atoms with van der Waals surface area (Å²) in [6.45, 7) is 0.0132. The molecule has 0 unspecified atom stereocenters. The van der Waals surface area contributed by atoms with Crippen LogP contribution in [-0.2, 0) is 11.3 Å². The van der Waals surface area contributed by atoms with Crippen LogP contribution in [0, 0.1) is 17.1 Å². The Morgan fingerprint density at radius 1 is 1.23 bits per heavy atom. The van der Waals surface area contributed by atoms with Gasteiger partial charge in [0.15, 0.2) is 0 Å². The molecule has 22 heavy (non-hydrogen) atoms. The summed E-state index contributed by atoms with van der Waals surface area (Å²) >= 11 is 1.19. The molecule has 3 nitrogen and oxygen atoms in total. The Bertz CT molecular complexity index is 895. The van der Waals surface area contributed by atoms with Crippen molar-refractivity contribution in [1.29, 1.82) is 5.26 Å². The Morgan fingerprint density at radius 2 is 2.05 bits per heavy atom. The third-order valence-corrected chi connectivity index (χ3v) is 4.29. The van der Waals surface area contributed by atoms with Gasteiger partial charge in [-0.05, 0) is 24.3 Å². The van der Waals surface area contributed by atoms with E-state index in [0.29, 0.717) is 26.1 Å². The van der Waals surface area contributed by atoms with Crippen molar-refractivity contribution in [2.45, 2.75) is 6.61 Å². The van der Waals surface area contributed by atoms with E-state index in [1.807, 2.05) is 6.07 Å². The number of hydrogen-bond acceptors (Lipinski definition) is 4. The lowest BCUT2D eigenvalue weighted by molar-refractivity contribution is 0.0478. The van der Waals surface area contributed by atoms with Crippen LogP contribution < -0.4 is 0 Å².